The first-order chi connectivity index (χ1) is 14.5. The van der Waals surface area contributed by atoms with E-state index in [1.165, 1.54) is 24.0 Å². The van der Waals surface area contributed by atoms with E-state index in [1.807, 2.05) is 11.9 Å². The zero-order valence-corrected chi connectivity index (χ0v) is 19.0. The van der Waals surface area contributed by atoms with E-state index < -0.39 is 0 Å². The third-order valence-corrected chi connectivity index (χ3v) is 7.79. The quantitative estimate of drug-likeness (QED) is 0.472. The van der Waals surface area contributed by atoms with Crippen molar-refractivity contribution >= 4 is 23.3 Å². The molecule has 0 radical (unpaired) electrons. The number of aliphatic imine (C=N–C) groups is 1. The Morgan fingerprint density at radius 3 is 2.80 bits per heavy atom. The average Bonchev–Trinajstić information content (AvgIpc) is 2.75. The molecule has 2 N–H and O–H groups in total. The highest BCUT2D eigenvalue weighted by molar-refractivity contribution is 7.97. The van der Waals surface area contributed by atoms with E-state index in [4.69, 9.17) is 10.7 Å². The Balaban J connectivity index is 1.57. The first kappa shape index (κ1) is 21.2. The summed E-state index contributed by atoms with van der Waals surface area (Å²) in [6, 6.07) is 8.35. The molecule has 0 bridgehead atoms. The average molecular weight is 420 g/mol. The van der Waals surface area contributed by atoms with E-state index in [0.717, 1.165) is 48.8 Å². The maximum Gasteiger partial charge on any atom is 0.0683 e. The minimum absolute atomic E-state index is 0.0489. The van der Waals surface area contributed by atoms with E-state index in [0.29, 0.717) is 5.25 Å². The molecule has 0 spiro atoms. The monoisotopic (exact) mass is 419 g/mol. The van der Waals surface area contributed by atoms with E-state index in [2.05, 4.69) is 73.3 Å². The second kappa shape index (κ2) is 8.99. The summed E-state index contributed by atoms with van der Waals surface area (Å²) in [5.74, 6) is 0.781. The van der Waals surface area contributed by atoms with Crippen LogP contribution >= 0.6 is 11.9 Å². The van der Waals surface area contributed by atoms with Crippen LogP contribution in [0.3, 0.4) is 0 Å². The molecule has 3 unspecified atom stereocenters. The maximum absolute atomic E-state index is 6.07. The van der Waals surface area contributed by atoms with Crippen molar-refractivity contribution in [2.24, 2.45) is 22.1 Å². The van der Waals surface area contributed by atoms with E-state index >= 15 is 0 Å². The summed E-state index contributed by atoms with van der Waals surface area (Å²) in [5.41, 5.74) is 11.8. The molecule has 0 amide bonds. The smallest absolute Gasteiger partial charge is 0.0683 e. The number of benzene rings is 1. The molecule has 1 saturated heterocycles. The number of rotatable bonds is 4. The van der Waals surface area contributed by atoms with Gasteiger partial charge in [0.15, 0.2) is 0 Å². The molecule has 1 heterocycles. The van der Waals surface area contributed by atoms with Crippen molar-refractivity contribution in [1.82, 2.24) is 4.31 Å². The molecule has 2 aliphatic carbocycles. The molecular formula is C26H33N3S. The zero-order valence-electron chi connectivity index (χ0n) is 18.2. The van der Waals surface area contributed by atoms with Crippen LogP contribution in [0, 0.1) is 18.3 Å². The van der Waals surface area contributed by atoms with Crippen LogP contribution < -0.4 is 5.73 Å². The first-order valence-corrected chi connectivity index (χ1v) is 11.8. The standard InChI is InChI=1S/C26H33N3S/c1-4-26-16-21(17-27)25(28-23-10-8-19(2)9-11-23)15-22(26)12-13-29(18-26)30-24-7-5-6-20(3)14-24/h4-5,7-11,15,17,20,24H,1,6,12-14,16,18,27H2,2-3H3. The largest absolute Gasteiger partial charge is 0.404 e. The number of nitrogens with zero attached hydrogens (tertiary/aromatic N) is 2. The molecule has 0 saturated carbocycles. The van der Waals surface area contributed by atoms with Gasteiger partial charge in [0, 0.05) is 23.8 Å². The fraction of sp³-hybridized carbons (Fsp3) is 0.423. The van der Waals surface area contributed by atoms with Gasteiger partial charge in [0.25, 0.3) is 0 Å². The van der Waals surface area contributed by atoms with Crippen LogP contribution in [-0.4, -0.2) is 28.4 Å². The van der Waals surface area contributed by atoms with Crippen LogP contribution in [0.15, 0.2) is 77.5 Å². The number of allylic oxidation sites excluding steroid dienone is 3. The zero-order chi connectivity index (χ0) is 21.1. The fourth-order valence-electron chi connectivity index (χ4n) is 4.73. The van der Waals surface area contributed by atoms with Gasteiger partial charge in [-0.25, -0.2) is 9.30 Å². The minimum Gasteiger partial charge on any atom is -0.404 e. The topological polar surface area (TPSA) is 41.6 Å². The second-order valence-electron chi connectivity index (χ2n) is 8.99. The number of nitrogens with two attached hydrogens (primary N) is 1. The summed E-state index contributed by atoms with van der Waals surface area (Å²) < 4.78 is 2.56. The third-order valence-electron chi connectivity index (χ3n) is 6.56. The van der Waals surface area contributed by atoms with Gasteiger partial charge in [0.05, 0.1) is 11.4 Å². The van der Waals surface area contributed by atoms with Gasteiger partial charge in [0.1, 0.15) is 0 Å². The lowest BCUT2D eigenvalue weighted by Crippen LogP contribution is -2.44. The van der Waals surface area contributed by atoms with Crippen molar-refractivity contribution in [2.75, 3.05) is 13.1 Å². The molecule has 3 aliphatic rings. The van der Waals surface area contributed by atoms with Crippen molar-refractivity contribution in [2.45, 2.75) is 44.8 Å². The predicted octanol–water partition coefficient (Wildman–Crippen LogP) is 6.12. The van der Waals surface area contributed by atoms with E-state index in [-0.39, 0.29) is 5.41 Å². The van der Waals surface area contributed by atoms with Gasteiger partial charge in [0.2, 0.25) is 0 Å². The summed E-state index contributed by atoms with van der Waals surface area (Å²) in [4.78, 5) is 4.92. The number of hydrogen-bond acceptors (Lipinski definition) is 4. The second-order valence-corrected chi connectivity index (χ2v) is 10.3. The predicted molar refractivity (Wildman–Crippen MR) is 131 cm³/mol. The Kier molecular flexibility index (Phi) is 6.35. The molecule has 1 aromatic rings. The molecule has 4 rings (SSSR count). The summed E-state index contributed by atoms with van der Waals surface area (Å²) in [6.07, 6.45) is 15.3. The number of hydrogen-bond donors (Lipinski definition) is 1. The molecule has 3 atom stereocenters. The highest BCUT2D eigenvalue weighted by Crippen LogP contribution is 2.47. The van der Waals surface area contributed by atoms with E-state index in [9.17, 15) is 0 Å². The molecule has 30 heavy (non-hydrogen) atoms. The van der Waals surface area contributed by atoms with Crippen LogP contribution in [-0.2, 0) is 0 Å². The van der Waals surface area contributed by atoms with Crippen LogP contribution in [0.25, 0.3) is 0 Å². The summed E-state index contributed by atoms with van der Waals surface area (Å²) in [7, 11) is 0. The lowest BCUT2D eigenvalue weighted by atomic mass is 9.67. The maximum atomic E-state index is 6.07. The van der Waals surface area contributed by atoms with Crippen LogP contribution in [0.1, 0.15) is 38.2 Å². The molecule has 1 fully saturated rings. The molecule has 0 aromatic heterocycles. The van der Waals surface area contributed by atoms with Gasteiger partial charge in [-0.3, -0.25) is 0 Å². The Morgan fingerprint density at radius 2 is 2.10 bits per heavy atom. The molecule has 1 aliphatic heterocycles. The third kappa shape index (κ3) is 4.50. The van der Waals surface area contributed by atoms with Crippen LogP contribution in [0.5, 0.6) is 0 Å². The minimum atomic E-state index is -0.0489. The van der Waals surface area contributed by atoms with E-state index in [1.54, 1.807) is 6.20 Å². The van der Waals surface area contributed by atoms with Crippen LogP contribution in [0.4, 0.5) is 5.69 Å². The Labute approximate surface area is 185 Å². The molecule has 158 valence electrons. The van der Waals surface area contributed by atoms with Crippen molar-refractivity contribution in [1.29, 1.82) is 0 Å². The van der Waals surface area contributed by atoms with Gasteiger partial charge in [-0.2, -0.15) is 0 Å². The summed E-state index contributed by atoms with van der Waals surface area (Å²) in [6.45, 7) is 10.8. The highest BCUT2D eigenvalue weighted by atomic mass is 32.2. The highest BCUT2D eigenvalue weighted by Gasteiger charge is 2.41. The molecule has 4 heteroatoms. The fourth-order valence-corrected chi connectivity index (χ4v) is 6.21. The number of aryl methyl sites for hydroxylation is 1. The Morgan fingerprint density at radius 1 is 1.30 bits per heavy atom. The van der Waals surface area contributed by atoms with Crippen molar-refractivity contribution < 1.29 is 0 Å². The normalized spacial score (nSPS) is 32.1. The van der Waals surface area contributed by atoms with Crippen molar-refractivity contribution in [3.05, 3.63) is 78.1 Å². The molecule has 1 aromatic carbocycles. The Bertz CT molecular complexity index is 909. The van der Waals surface area contributed by atoms with Gasteiger partial charge in [-0.05, 0) is 68.5 Å². The van der Waals surface area contributed by atoms with Crippen molar-refractivity contribution in [3.8, 4) is 0 Å². The van der Waals surface area contributed by atoms with Gasteiger partial charge in [-0.1, -0.05) is 60.4 Å². The van der Waals surface area contributed by atoms with Gasteiger partial charge < -0.3 is 5.73 Å². The Hall–Kier alpha value is -2.04. The lowest BCUT2D eigenvalue weighted by molar-refractivity contribution is 0.277. The number of piperidine rings is 1. The molecule has 3 nitrogen and oxygen atoms in total. The number of fused-ring (bicyclic) bond motifs is 1. The summed E-state index contributed by atoms with van der Waals surface area (Å²) >= 11 is 2.02. The SMILES string of the molecule is C=CC12CC(=CN)C(=Nc3ccc(C)cc3)C=C1CCN(SC1C=CCC(C)C1)C2. The summed E-state index contributed by atoms with van der Waals surface area (Å²) in [5, 5.41) is 0.591. The van der Waals surface area contributed by atoms with Crippen molar-refractivity contribution in [3.63, 3.8) is 0 Å². The van der Waals surface area contributed by atoms with Gasteiger partial charge in [-0.15, -0.1) is 6.58 Å². The molecular weight excluding hydrogens is 386 g/mol. The first-order valence-electron chi connectivity index (χ1n) is 11.0. The van der Waals surface area contributed by atoms with Crippen LogP contribution in [0.2, 0.25) is 0 Å². The van der Waals surface area contributed by atoms with Gasteiger partial charge >= 0.3 is 0 Å². The lowest BCUT2D eigenvalue weighted by Gasteiger charge is -2.46.